The molecule has 0 amide bonds. The number of allylic oxidation sites excluding steroid dienone is 1. The highest BCUT2D eigenvalue weighted by atomic mass is 16.4. The van der Waals surface area contributed by atoms with Crippen molar-refractivity contribution in [2.75, 3.05) is 0 Å². The molecule has 5 atom stereocenters. The molecule has 2 bridgehead atoms. The summed E-state index contributed by atoms with van der Waals surface area (Å²) < 4.78 is 0. The minimum Gasteiger partial charge on any atom is -0.481 e. The normalized spacial score (nSPS) is 50.1. The average molecular weight is 330 g/mol. The van der Waals surface area contributed by atoms with E-state index in [1.54, 1.807) is 0 Å². The van der Waals surface area contributed by atoms with Crippen LogP contribution in [0.4, 0.5) is 0 Å². The summed E-state index contributed by atoms with van der Waals surface area (Å²) in [6, 6.07) is 0. The second-order valence-corrected chi connectivity index (χ2v) is 9.00. The van der Waals surface area contributed by atoms with E-state index in [9.17, 15) is 19.8 Å². The molecule has 3 saturated carbocycles. The van der Waals surface area contributed by atoms with Crippen LogP contribution in [0.2, 0.25) is 0 Å². The summed E-state index contributed by atoms with van der Waals surface area (Å²) in [6.45, 7) is 7.93. The molecule has 4 rings (SSSR count). The van der Waals surface area contributed by atoms with Crippen molar-refractivity contribution in [3.05, 3.63) is 23.8 Å². The zero-order chi connectivity index (χ0) is 17.5. The first-order chi connectivity index (χ1) is 11.1. The van der Waals surface area contributed by atoms with E-state index in [4.69, 9.17) is 0 Å². The maximum atomic E-state index is 13.0. The number of fused-ring (bicyclic) bond motifs is 3. The van der Waals surface area contributed by atoms with Crippen molar-refractivity contribution in [3.8, 4) is 0 Å². The van der Waals surface area contributed by atoms with Gasteiger partial charge in [-0.15, -0.1) is 0 Å². The number of carbonyl (C=O) groups is 2. The third-order valence-electron chi connectivity index (χ3n) is 7.92. The van der Waals surface area contributed by atoms with Crippen LogP contribution in [0.1, 0.15) is 58.8 Å². The molecule has 4 heteroatoms. The molecule has 4 aliphatic carbocycles. The van der Waals surface area contributed by atoms with Crippen molar-refractivity contribution in [2.45, 2.75) is 64.4 Å². The second kappa shape index (κ2) is 4.40. The molecule has 0 saturated heterocycles. The fourth-order valence-corrected chi connectivity index (χ4v) is 6.66. The number of carboxylic acids is 1. The number of aliphatic carboxylic acids is 1. The molecule has 0 aromatic heterocycles. The van der Waals surface area contributed by atoms with E-state index in [0.29, 0.717) is 31.3 Å². The van der Waals surface area contributed by atoms with Gasteiger partial charge in [-0.3, -0.25) is 9.59 Å². The van der Waals surface area contributed by atoms with Crippen LogP contribution < -0.4 is 0 Å². The first-order valence-corrected chi connectivity index (χ1v) is 9.01. The van der Waals surface area contributed by atoms with Crippen LogP contribution in [-0.2, 0) is 9.59 Å². The van der Waals surface area contributed by atoms with Gasteiger partial charge in [-0.05, 0) is 56.8 Å². The molecule has 0 aromatic rings. The monoisotopic (exact) mass is 330 g/mol. The van der Waals surface area contributed by atoms with Crippen molar-refractivity contribution < 1.29 is 19.8 Å². The molecule has 130 valence electrons. The van der Waals surface area contributed by atoms with Crippen LogP contribution >= 0.6 is 0 Å². The zero-order valence-corrected chi connectivity index (χ0v) is 14.5. The summed E-state index contributed by atoms with van der Waals surface area (Å²) in [5.74, 6) is -0.679. The van der Waals surface area contributed by atoms with Crippen LogP contribution in [0, 0.1) is 22.2 Å². The Balaban J connectivity index is 1.86. The predicted molar refractivity (Wildman–Crippen MR) is 89.3 cm³/mol. The van der Waals surface area contributed by atoms with Crippen LogP contribution in [0.3, 0.4) is 0 Å². The van der Waals surface area contributed by atoms with Crippen LogP contribution in [0.5, 0.6) is 0 Å². The lowest BCUT2D eigenvalue weighted by Crippen LogP contribution is -2.56. The molecule has 1 spiro atoms. The lowest BCUT2D eigenvalue weighted by Gasteiger charge is -2.59. The third-order valence-corrected chi connectivity index (χ3v) is 7.92. The van der Waals surface area contributed by atoms with Gasteiger partial charge in [0, 0.05) is 5.57 Å². The van der Waals surface area contributed by atoms with Gasteiger partial charge < -0.3 is 10.2 Å². The Bertz CT molecular complexity index is 706. The largest absolute Gasteiger partial charge is 0.481 e. The Labute approximate surface area is 142 Å². The standard InChI is InChI=1S/C20H26O4/c1-12-15(21)19-9-5-13-17(2,7-4-8-18(13,3)16(22)23)14(19)6-10-20(12,24)11-19/h6,13,24H,1,4-5,7-11H2,2-3H3,(H,22,23)/t13-,17+,18+,19+,20-/m0/s1. The van der Waals surface area contributed by atoms with Gasteiger partial charge in [0.15, 0.2) is 5.78 Å². The number of rotatable bonds is 1. The highest BCUT2D eigenvalue weighted by Gasteiger charge is 2.68. The van der Waals surface area contributed by atoms with Gasteiger partial charge in [0.25, 0.3) is 0 Å². The molecular weight excluding hydrogens is 304 g/mol. The third kappa shape index (κ3) is 1.58. The minimum atomic E-state index is -1.09. The molecule has 4 aliphatic rings. The van der Waals surface area contributed by atoms with Gasteiger partial charge in [0.05, 0.1) is 16.4 Å². The highest BCUT2D eigenvalue weighted by Crippen LogP contribution is 2.70. The van der Waals surface area contributed by atoms with Crippen molar-refractivity contribution >= 4 is 11.8 Å². The Morgan fingerprint density at radius 3 is 2.67 bits per heavy atom. The van der Waals surface area contributed by atoms with Crippen molar-refractivity contribution in [2.24, 2.45) is 22.2 Å². The lowest BCUT2D eigenvalue weighted by molar-refractivity contribution is -0.162. The molecule has 0 unspecified atom stereocenters. The van der Waals surface area contributed by atoms with Crippen LogP contribution in [-0.4, -0.2) is 27.6 Å². The summed E-state index contributed by atoms with van der Waals surface area (Å²) in [5, 5.41) is 20.7. The molecule has 3 fully saturated rings. The molecule has 0 aromatic carbocycles. The summed E-state index contributed by atoms with van der Waals surface area (Å²) >= 11 is 0. The summed E-state index contributed by atoms with van der Waals surface area (Å²) in [7, 11) is 0. The van der Waals surface area contributed by atoms with Crippen molar-refractivity contribution in [1.82, 2.24) is 0 Å². The topological polar surface area (TPSA) is 74.6 Å². The van der Waals surface area contributed by atoms with E-state index >= 15 is 0 Å². The number of hydrogen-bond acceptors (Lipinski definition) is 3. The number of aliphatic hydroxyl groups is 1. The van der Waals surface area contributed by atoms with E-state index < -0.39 is 22.4 Å². The number of ketones is 1. The minimum absolute atomic E-state index is 0.00368. The Morgan fingerprint density at radius 2 is 2.00 bits per heavy atom. The Morgan fingerprint density at radius 1 is 1.29 bits per heavy atom. The molecule has 0 aliphatic heterocycles. The van der Waals surface area contributed by atoms with Crippen LogP contribution in [0.15, 0.2) is 23.8 Å². The fraction of sp³-hybridized carbons (Fsp3) is 0.700. The van der Waals surface area contributed by atoms with Gasteiger partial charge in [0.1, 0.15) is 0 Å². The molecule has 0 heterocycles. The van der Waals surface area contributed by atoms with Crippen molar-refractivity contribution in [3.63, 3.8) is 0 Å². The van der Waals surface area contributed by atoms with E-state index in [1.807, 2.05) is 6.92 Å². The van der Waals surface area contributed by atoms with Gasteiger partial charge >= 0.3 is 5.97 Å². The predicted octanol–water partition coefficient (Wildman–Crippen LogP) is 3.25. The molecular formula is C20H26O4. The first-order valence-electron chi connectivity index (χ1n) is 9.01. The second-order valence-electron chi connectivity index (χ2n) is 9.00. The molecule has 4 nitrogen and oxygen atoms in total. The molecule has 2 N–H and O–H groups in total. The number of carbonyl (C=O) groups excluding carboxylic acids is 1. The zero-order valence-electron chi connectivity index (χ0n) is 14.5. The van der Waals surface area contributed by atoms with E-state index in [-0.39, 0.29) is 17.1 Å². The van der Waals surface area contributed by atoms with Gasteiger partial charge in [-0.25, -0.2) is 0 Å². The number of carboxylic acid groups (broad SMARTS) is 1. The summed E-state index contributed by atoms with van der Waals surface area (Å²) in [4.78, 5) is 25.1. The van der Waals surface area contributed by atoms with E-state index in [1.165, 1.54) is 0 Å². The Hall–Kier alpha value is -1.42. The molecule has 0 radical (unpaired) electrons. The van der Waals surface area contributed by atoms with Gasteiger partial charge in [-0.2, -0.15) is 0 Å². The summed E-state index contributed by atoms with van der Waals surface area (Å²) in [5.41, 5.74) is -1.27. The van der Waals surface area contributed by atoms with Gasteiger partial charge in [0.2, 0.25) is 0 Å². The highest BCUT2D eigenvalue weighted by molar-refractivity contribution is 6.07. The average Bonchev–Trinajstić information content (AvgIpc) is 2.64. The first kappa shape index (κ1) is 16.1. The maximum absolute atomic E-state index is 13.0. The number of Topliss-reactive ketones (excluding diaryl/α,β-unsaturated/α-hetero) is 1. The molecule has 24 heavy (non-hydrogen) atoms. The van der Waals surface area contributed by atoms with Crippen LogP contribution in [0.25, 0.3) is 0 Å². The van der Waals surface area contributed by atoms with Crippen molar-refractivity contribution in [1.29, 1.82) is 0 Å². The lowest BCUT2D eigenvalue weighted by atomic mass is 9.43. The SMILES string of the molecule is C=C1C(=O)[C@@]23CC[C@@H]4[C@](C)(C(=O)O)CCC[C@@]4(C)C2=CC[C@]1(O)C3. The smallest absolute Gasteiger partial charge is 0.309 e. The quantitative estimate of drug-likeness (QED) is 0.572. The number of hydrogen-bond donors (Lipinski definition) is 2. The maximum Gasteiger partial charge on any atom is 0.309 e. The van der Waals surface area contributed by atoms with E-state index in [0.717, 1.165) is 24.8 Å². The van der Waals surface area contributed by atoms with Gasteiger partial charge in [-0.1, -0.05) is 31.6 Å². The van der Waals surface area contributed by atoms with E-state index in [2.05, 4.69) is 19.6 Å². The Kier molecular flexibility index (Phi) is 2.95. The summed E-state index contributed by atoms with van der Waals surface area (Å²) in [6.07, 6.45) is 6.78. The fourth-order valence-electron chi connectivity index (χ4n) is 6.66.